The SMILES string of the molecule is CCCCCCCCC/C=C(\CCCCCCCCC)CC(=O)OCC1CCN(C(=O)C/C=C(\CCCCCCCCC)CCN(CCCCCCCCC)CCCCCCCCC)C1. The van der Waals surface area contributed by atoms with Crippen molar-refractivity contribution in [1.82, 2.24) is 9.80 Å². The van der Waals surface area contributed by atoms with Crippen molar-refractivity contribution in [3.05, 3.63) is 23.3 Å². The average molecular weight is 912 g/mol. The highest BCUT2D eigenvalue weighted by atomic mass is 16.5. The maximum Gasteiger partial charge on any atom is 0.309 e. The maximum atomic E-state index is 13.7. The smallest absolute Gasteiger partial charge is 0.309 e. The standard InChI is InChI=1S/C60H114N2O3/c1-6-11-16-21-26-29-34-39-44-57(43-38-33-28-23-18-13-8-3)53-60(64)65-55-58-48-52-62(54-58)59(63)46-45-56(42-37-32-27-22-17-12-7-2)47-51-61(49-40-35-30-24-19-14-9-4)50-41-36-31-25-20-15-10-5/h44-45,58H,6-43,46-55H2,1-5H3/b56-45+,57-44+. The second-order valence-corrected chi connectivity index (χ2v) is 20.8. The number of unbranched alkanes of at least 4 members (excludes halogenated alkanes) is 31. The van der Waals surface area contributed by atoms with Crippen LogP contribution in [-0.2, 0) is 14.3 Å². The average Bonchev–Trinajstić information content (AvgIpc) is 3.80. The lowest BCUT2D eigenvalue weighted by atomic mass is 10.0. The Morgan fingerprint density at radius 3 is 1.37 bits per heavy atom. The van der Waals surface area contributed by atoms with E-state index >= 15 is 0 Å². The van der Waals surface area contributed by atoms with E-state index in [1.165, 1.54) is 249 Å². The molecule has 1 aliphatic heterocycles. The number of hydrogen-bond acceptors (Lipinski definition) is 4. The van der Waals surface area contributed by atoms with Crippen LogP contribution in [0, 0.1) is 5.92 Å². The van der Waals surface area contributed by atoms with Gasteiger partial charge in [-0.1, -0.05) is 251 Å². The second kappa shape index (κ2) is 47.4. The molecule has 0 aliphatic carbocycles. The Bertz CT molecular complexity index is 1100. The van der Waals surface area contributed by atoms with Gasteiger partial charge < -0.3 is 14.5 Å². The Morgan fingerprint density at radius 1 is 0.477 bits per heavy atom. The molecule has 382 valence electrons. The lowest BCUT2D eigenvalue weighted by molar-refractivity contribution is -0.144. The summed E-state index contributed by atoms with van der Waals surface area (Å²) in [6.07, 6.45) is 57.6. The molecular formula is C60H114N2O3. The van der Waals surface area contributed by atoms with Gasteiger partial charge in [0.15, 0.2) is 0 Å². The van der Waals surface area contributed by atoms with Crippen LogP contribution < -0.4 is 0 Å². The Hall–Kier alpha value is -1.62. The fraction of sp³-hybridized carbons (Fsp3) is 0.900. The molecule has 5 nitrogen and oxygen atoms in total. The molecule has 1 fully saturated rings. The summed E-state index contributed by atoms with van der Waals surface area (Å²) in [7, 11) is 0. The van der Waals surface area contributed by atoms with E-state index in [1.807, 2.05) is 0 Å². The Labute approximate surface area is 407 Å². The summed E-state index contributed by atoms with van der Waals surface area (Å²) >= 11 is 0. The molecule has 1 saturated heterocycles. The summed E-state index contributed by atoms with van der Waals surface area (Å²) in [6, 6.07) is 0. The van der Waals surface area contributed by atoms with E-state index in [0.717, 1.165) is 51.7 Å². The highest BCUT2D eigenvalue weighted by Crippen LogP contribution is 2.23. The molecule has 0 aromatic carbocycles. The third-order valence-electron chi connectivity index (χ3n) is 14.4. The van der Waals surface area contributed by atoms with Gasteiger partial charge in [0.1, 0.15) is 0 Å². The van der Waals surface area contributed by atoms with Gasteiger partial charge in [-0.3, -0.25) is 9.59 Å². The fourth-order valence-corrected chi connectivity index (χ4v) is 9.84. The summed E-state index contributed by atoms with van der Waals surface area (Å²) < 4.78 is 5.96. The summed E-state index contributed by atoms with van der Waals surface area (Å²) in [4.78, 5) is 31.7. The summed E-state index contributed by atoms with van der Waals surface area (Å²) in [5.41, 5.74) is 2.80. The normalized spacial score (nSPS) is 14.6. The summed E-state index contributed by atoms with van der Waals surface area (Å²) in [5.74, 6) is 0.424. The lowest BCUT2D eigenvalue weighted by Gasteiger charge is -2.23. The first kappa shape index (κ1) is 61.4. The minimum atomic E-state index is -0.0746. The summed E-state index contributed by atoms with van der Waals surface area (Å²) in [5, 5.41) is 0. The van der Waals surface area contributed by atoms with Crippen LogP contribution in [0.25, 0.3) is 0 Å². The molecule has 0 spiro atoms. The van der Waals surface area contributed by atoms with Crippen molar-refractivity contribution in [2.75, 3.05) is 39.3 Å². The van der Waals surface area contributed by atoms with Crippen molar-refractivity contribution < 1.29 is 14.3 Å². The van der Waals surface area contributed by atoms with Gasteiger partial charge in [0.05, 0.1) is 13.0 Å². The van der Waals surface area contributed by atoms with Crippen LogP contribution in [0.3, 0.4) is 0 Å². The number of carbonyl (C=O) groups excluding carboxylic acids is 2. The van der Waals surface area contributed by atoms with Crippen LogP contribution in [0.15, 0.2) is 23.3 Å². The molecule has 0 saturated carbocycles. The van der Waals surface area contributed by atoms with Gasteiger partial charge in [-0.2, -0.15) is 0 Å². The molecular weight excluding hydrogens is 797 g/mol. The number of amides is 1. The number of nitrogens with zero attached hydrogens (tertiary/aromatic N) is 2. The molecule has 1 unspecified atom stereocenters. The van der Waals surface area contributed by atoms with Gasteiger partial charge in [0, 0.05) is 32.0 Å². The van der Waals surface area contributed by atoms with Gasteiger partial charge in [-0.05, 0) is 77.3 Å². The van der Waals surface area contributed by atoms with Crippen LogP contribution in [0.4, 0.5) is 0 Å². The van der Waals surface area contributed by atoms with E-state index in [2.05, 4.69) is 56.6 Å². The molecule has 0 bridgehead atoms. The Balaban J connectivity index is 2.76. The van der Waals surface area contributed by atoms with Crippen molar-refractivity contribution in [3.8, 4) is 0 Å². The van der Waals surface area contributed by atoms with E-state index in [4.69, 9.17) is 4.74 Å². The highest BCUT2D eigenvalue weighted by Gasteiger charge is 2.27. The third-order valence-corrected chi connectivity index (χ3v) is 14.4. The number of allylic oxidation sites excluding steroid dienone is 1. The lowest BCUT2D eigenvalue weighted by Crippen LogP contribution is -2.29. The number of ether oxygens (including phenoxy) is 1. The number of esters is 1. The van der Waals surface area contributed by atoms with E-state index in [-0.39, 0.29) is 17.8 Å². The first-order valence-electron chi connectivity index (χ1n) is 29.5. The largest absolute Gasteiger partial charge is 0.465 e. The molecule has 0 aromatic rings. The minimum Gasteiger partial charge on any atom is -0.465 e. The predicted octanol–water partition coefficient (Wildman–Crippen LogP) is 18.6. The fourth-order valence-electron chi connectivity index (χ4n) is 9.84. The van der Waals surface area contributed by atoms with Crippen molar-refractivity contribution in [2.24, 2.45) is 5.92 Å². The molecule has 0 aromatic heterocycles. The first-order valence-corrected chi connectivity index (χ1v) is 29.5. The highest BCUT2D eigenvalue weighted by molar-refractivity contribution is 5.78. The molecule has 1 heterocycles. The van der Waals surface area contributed by atoms with Gasteiger partial charge >= 0.3 is 5.97 Å². The van der Waals surface area contributed by atoms with Gasteiger partial charge in [-0.25, -0.2) is 0 Å². The van der Waals surface area contributed by atoms with Gasteiger partial charge in [0.25, 0.3) is 0 Å². The quantitative estimate of drug-likeness (QED) is 0.0347. The second-order valence-electron chi connectivity index (χ2n) is 20.8. The molecule has 65 heavy (non-hydrogen) atoms. The monoisotopic (exact) mass is 911 g/mol. The Morgan fingerprint density at radius 2 is 0.892 bits per heavy atom. The first-order chi connectivity index (χ1) is 32.0. The van der Waals surface area contributed by atoms with Crippen molar-refractivity contribution in [2.45, 2.75) is 304 Å². The Kier molecular flexibility index (Phi) is 44.8. The molecule has 1 rings (SSSR count). The third kappa shape index (κ3) is 39.0. The van der Waals surface area contributed by atoms with Crippen LogP contribution in [0.2, 0.25) is 0 Å². The van der Waals surface area contributed by atoms with Crippen LogP contribution in [0.5, 0.6) is 0 Å². The van der Waals surface area contributed by atoms with Crippen molar-refractivity contribution >= 4 is 11.9 Å². The number of likely N-dealkylation sites (tertiary alicyclic amines) is 1. The molecule has 5 heteroatoms. The van der Waals surface area contributed by atoms with Crippen LogP contribution >= 0.6 is 0 Å². The molecule has 1 aliphatic rings. The van der Waals surface area contributed by atoms with E-state index in [1.54, 1.807) is 0 Å². The number of carbonyl (C=O) groups is 2. The molecule has 0 radical (unpaired) electrons. The zero-order valence-electron chi connectivity index (χ0n) is 44.8. The predicted molar refractivity (Wildman–Crippen MR) is 286 cm³/mol. The summed E-state index contributed by atoms with van der Waals surface area (Å²) in [6.45, 7) is 17.0. The van der Waals surface area contributed by atoms with Crippen molar-refractivity contribution in [1.29, 1.82) is 0 Å². The molecule has 1 atom stereocenters. The zero-order valence-corrected chi connectivity index (χ0v) is 44.8. The topological polar surface area (TPSA) is 49.9 Å². The number of rotatable bonds is 49. The van der Waals surface area contributed by atoms with Crippen LogP contribution in [-0.4, -0.2) is 61.0 Å². The van der Waals surface area contributed by atoms with Gasteiger partial charge in [0.2, 0.25) is 5.91 Å². The van der Waals surface area contributed by atoms with Gasteiger partial charge in [-0.15, -0.1) is 0 Å². The van der Waals surface area contributed by atoms with Crippen molar-refractivity contribution in [3.63, 3.8) is 0 Å². The zero-order chi connectivity index (χ0) is 47.1. The maximum absolute atomic E-state index is 13.7. The molecule has 1 amide bonds. The van der Waals surface area contributed by atoms with E-state index < -0.39 is 0 Å². The van der Waals surface area contributed by atoms with Crippen LogP contribution in [0.1, 0.15) is 304 Å². The van der Waals surface area contributed by atoms with E-state index in [9.17, 15) is 9.59 Å². The van der Waals surface area contributed by atoms with E-state index in [0.29, 0.717) is 19.4 Å². The number of hydrogen-bond donors (Lipinski definition) is 0. The minimum absolute atomic E-state index is 0.0746. The molecule has 0 N–H and O–H groups in total.